The van der Waals surface area contributed by atoms with Crippen LogP contribution in [0, 0.1) is 5.41 Å². The van der Waals surface area contributed by atoms with Crippen LogP contribution < -0.4 is 10.1 Å². The van der Waals surface area contributed by atoms with Gasteiger partial charge in [-0.15, -0.1) is 0 Å². The van der Waals surface area contributed by atoms with E-state index >= 15 is 0 Å². The molecule has 0 spiro atoms. The highest BCUT2D eigenvalue weighted by atomic mass is 16.5. The van der Waals surface area contributed by atoms with Crippen molar-refractivity contribution in [1.82, 2.24) is 10.2 Å². The Labute approximate surface area is 256 Å². The standard InChI is InChI=1S/C29H40N2O5.C5H10O2/c1-35-20-17-22-9-11-24(12-10-22)29(34)26(21-31-18-5-6-19-31)30-28(33)8-4-3-7-27(32)23-13-15-25(36-2)16-14-23;1-5(2,3)4(6)7/h9-16,26,29,34H,3-8,17-21H2,1-2H3,(H,30,33);1-3H3,(H,6,7)/t26-,29-;/m1./s1. The minimum absolute atomic E-state index is 0.0642. The van der Waals surface area contributed by atoms with Crippen LogP contribution in [0.25, 0.3) is 0 Å². The predicted octanol–water partition coefficient (Wildman–Crippen LogP) is 5.06. The first-order valence-corrected chi connectivity index (χ1v) is 15.1. The van der Waals surface area contributed by atoms with Crippen LogP contribution in [0.4, 0.5) is 0 Å². The minimum Gasteiger partial charge on any atom is -0.497 e. The number of carbonyl (C=O) groups is 3. The number of ketones is 1. The molecule has 0 aliphatic carbocycles. The van der Waals surface area contributed by atoms with E-state index in [0.717, 1.165) is 49.2 Å². The zero-order valence-corrected chi connectivity index (χ0v) is 26.4. The summed E-state index contributed by atoms with van der Waals surface area (Å²) in [5, 5.41) is 22.5. The number of methoxy groups -OCH3 is 2. The molecule has 238 valence electrons. The Morgan fingerprint density at radius 3 is 2.05 bits per heavy atom. The molecule has 2 aromatic carbocycles. The summed E-state index contributed by atoms with van der Waals surface area (Å²) >= 11 is 0. The topological polar surface area (TPSA) is 125 Å². The van der Waals surface area contributed by atoms with Gasteiger partial charge in [0.1, 0.15) is 11.9 Å². The molecule has 0 aromatic heterocycles. The monoisotopic (exact) mass is 598 g/mol. The summed E-state index contributed by atoms with van der Waals surface area (Å²) < 4.78 is 10.3. The molecule has 0 radical (unpaired) electrons. The van der Waals surface area contributed by atoms with Gasteiger partial charge in [-0.2, -0.15) is 0 Å². The van der Waals surface area contributed by atoms with Gasteiger partial charge >= 0.3 is 5.97 Å². The average Bonchev–Trinajstić information content (AvgIpc) is 3.51. The van der Waals surface area contributed by atoms with Crippen LogP contribution in [0.1, 0.15) is 86.9 Å². The van der Waals surface area contributed by atoms with Crippen molar-refractivity contribution >= 4 is 17.7 Å². The van der Waals surface area contributed by atoms with Gasteiger partial charge in [-0.05, 0) is 101 Å². The van der Waals surface area contributed by atoms with E-state index in [1.165, 1.54) is 0 Å². The zero-order chi connectivity index (χ0) is 31.8. The van der Waals surface area contributed by atoms with Crippen LogP contribution in [0.5, 0.6) is 5.75 Å². The van der Waals surface area contributed by atoms with E-state index in [9.17, 15) is 19.5 Å². The third-order valence-electron chi connectivity index (χ3n) is 7.41. The highest BCUT2D eigenvalue weighted by Gasteiger charge is 2.26. The summed E-state index contributed by atoms with van der Waals surface area (Å²) in [7, 11) is 3.28. The normalized spacial score (nSPS) is 14.7. The summed E-state index contributed by atoms with van der Waals surface area (Å²) in [5.41, 5.74) is 2.02. The zero-order valence-electron chi connectivity index (χ0n) is 26.4. The summed E-state index contributed by atoms with van der Waals surface area (Å²) in [6.07, 6.45) is 4.31. The second-order valence-corrected chi connectivity index (χ2v) is 12.0. The third-order valence-corrected chi connectivity index (χ3v) is 7.41. The first kappa shape index (κ1) is 35.9. The van der Waals surface area contributed by atoms with Gasteiger partial charge in [0, 0.05) is 32.1 Å². The fourth-order valence-corrected chi connectivity index (χ4v) is 4.57. The van der Waals surface area contributed by atoms with E-state index < -0.39 is 17.5 Å². The van der Waals surface area contributed by atoms with Crippen LogP contribution in [0.2, 0.25) is 0 Å². The van der Waals surface area contributed by atoms with Gasteiger partial charge in [0.2, 0.25) is 5.91 Å². The molecule has 2 aromatic rings. The molecule has 3 N–H and O–H groups in total. The molecule has 3 rings (SSSR count). The van der Waals surface area contributed by atoms with Crippen LogP contribution in [0.3, 0.4) is 0 Å². The number of carboxylic acids is 1. The Hall–Kier alpha value is -3.27. The van der Waals surface area contributed by atoms with Gasteiger partial charge in [0.25, 0.3) is 0 Å². The molecular weight excluding hydrogens is 548 g/mol. The maximum absolute atomic E-state index is 12.8. The number of aliphatic hydroxyl groups is 1. The Kier molecular flexibility index (Phi) is 15.4. The summed E-state index contributed by atoms with van der Waals surface area (Å²) in [4.78, 5) is 37.5. The van der Waals surface area contributed by atoms with E-state index in [1.54, 1.807) is 59.3 Å². The number of hydrogen-bond acceptors (Lipinski definition) is 7. The van der Waals surface area contributed by atoms with Gasteiger partial charge in [-0.3, -0.25) is 14.4 Å². The number of rotatable bonds is 15. The van der Waals surface area contributed by atoms with E-state index in [-0.39, 0.29) is 17.7 Å². The number of aliphatic carboxylic acids is 1. The smallest absolute Gasteiger partial charge is 0.308 e. The summed E-state index contributed by atoms with van der Waals surface area (Å²) in [5.74, 6) is -0.0652. The number of ether oxygens (including phenoxy) is 2. The van der Waals surface area contributed by atoms with E-state index in [1.807, 2.05) is 24.3 Å². The second kappa shape index (κ2) is 18.4. The number of likely N-dealkylation sites (tertiary alicyclic amines) is 1. The lowest BCUT2D eigenvalue weighted by Crippen LogP contribution is -2.46. The number of benzene rings is 2. The van der Waals surface area contributed by atoms with Crippen molar-refractivity contribution in [3.63, 3.8) is 0 Å². The van der Waals surface area contributed by atoms with Crippen molar-refractivity contribution in [1.29, 1.82) is 0 Å². The molecule has 9 nitrogen and oxygen atoms in total. The maximum atomic E-state index is 12.8. The number of unbranched alkanes of at least 4 members (excludes halogenated alkanes) is 1. The molecule has 1 saturated heterocycles. The van der Waals surface area contributed by atoms with Crippen LogP contribution >= 0.6 is 0 Å². The van der Waals surface area contributed by atoms with Crippen molar-refractivity contribution in [3.8, 4) is 5.75 Å². The second-order valence-electron chi connectivity index (χ2n) is 12.0. The van der Waals surface area contributed by atoms with Crippen molar-refractivity contribution in [3.05, 3.63) is 65.2 Å². The van der Waals surface area contributed by atoms with Crippen LogP contribution in [0.15, 0.2) is 48.5 Å². The number of Topliss-reactive ketones (excluding diaryl/α,β-unsaturated/α-hetero) is 1. The van der Waals surface area contributed by atoms with Crippen LogP contribution in [-0.2, 0) is 20.7 Å². The van der Waals surface area contributed by atoms with E-state index in [4.69, 9.17) is 14.6 Å². The summed E-state index contributed by atoms with van der Waals surface area (Å²) in [6, 6.07) is 14.6. The van der Waals surface area contributed by atoms with Crippen LogP contribution in [-0.4, -0.2) is 79.3 Å². The molecule has 1 aliphatic rings. The highest BCUT2D eigenvalue weighted by molar-refractivity contribution is 5.96. The van der Waals surface area contributed by atoms with Gasteiger partial charge in [-0.25, -0.2) is 0 Å². The molecule has 1 heterocycles. The molecule has 1 aliphatic heterocycles. The fraction of sp³-hybridized carbons (Fsp3) is 0.559. The van der Waals surface area contributed by atoms with Crippen molar-refractivity contribution < 1.29 is 34.1 Å². The first-order chi connectivity index (χ1) is 20.4. The van der Waals surface area contributed by atoms with Crippen molar-refractivity contribution in [2.24, 2.45) is 5.41 Å². The highest BCUT2D eigenvalue weighted by Crippen LogP contribution is 2.21. The molecule has 43 heavy (non-hydrogen) atoms. The Morgan fingerprint density at radius 2 is 1.51 bits per heavy atom. The van der Waals surface area contributed by atoms with Crippen molar-refractivity contribution in [2.45, 2.75) is 77.9 Å². The summed E-state index contributed by atoms with van der Waals surface area (Å²) in [6.45, 7) is 8.24. The lowest BCUT2D eigenvalue weighted by Gasteiger charge is -2.29. The van der Waals surface area contributed by atoms with Gasteiger partial charge in [0.15, 0.2) is 5.78 Å². The molecule has 0 saturated carbocycles. The maximum Gasteiger partial charge on any atom is 0.308 e. The number of carbonyl (C=O) groups excluding carboxylic acids is 2. The molecule has 9 heteroatoms. The first-order valence-electron chi connectivity index (χ1n) is 15.1. The lowest BCUT2D eigenvalue weighted by atomic mass is 9.98. The SMILES string of the molecule is CC(C)(C)C(=O)O.COCCc1ccc([C@@H](O)[C@@H](CN2CCCC2)NC(=O)CCCCC(=O)c2ccc(OC)cc2)cc1. The average molecular weight is 599 g/mol. The Bertz CT molecular complexity index is 1120. The number of aliphatic hydroxyl groups excluding tert-OH is 1. The van der Waals surface area contributed by atoms with Crippen molar-refractivity contribution in [2.75, 3.05) is 40.5 Å². The van der Waals surface area contributed by atoms with E-state index in [0.29, 0.717) is 44.4 Å². The number of nitrogens with one attached hydrogen (secondary N) is 1. The molecule has 1 fully saturated rings. The van der Waals surface area contributed by atoms with Gasteiger partial charge in [-0.1, -0.05) is 24.3 Å². The molecule has 0 unspecified atom stereocenters. The third kappa shape index (κ3) is 13.3. The predicted molar refractivity (Wildman–Crippen MR) is 167 cm³/mol. The fourth-order valence-electron chi connectivity index (χ4n) is 4.57. The molecule has 2 atom stereocenters. The lowest BCUT2D eigenvalue weighted by molar-refractivity contribution is -0.145. The van der Waals surface area contributed by atoms with E-state index in [2.05, 4.69) is 10.2 Å². The largest absolute Gasteiger partial charge is 0.497 e. The molecular formula is C34H50N2O7. The van der Waals surface area contributed by atoms with Gasteiger partial charge < -0.3 is 29.9 Å². The quantitative estimate of drug-likeness (QED) is 0.192. The number of amides is 1. The minimum atomic E-state index is -0.789. The van der Waals surface area contributed by atoms with Gasteiger partial charge in [0.05, 0.1) is 25.2 Å². The molecule has 1 amide bonds. The number of nitrogens with zero attached hydrogens (tertiary/aromatic N) is 1. The number of hydrogen-bond donors (Lipinski definition) is 3. The number of carboxylic acid groups (broad SMARTS) is 1. The Morgan fingerprint density at radius 1 is 0.930 bits per heavy atom. The molecule has 0 bridgehead atoms. The Balaban J connectivity index is 0.000000821.